The van der Waals surface area contributed by atoms with E-state index in [1.54, 1.807) is 4.90 Å². The smallest absolute Gasteiger partial charge is 0.256 e. The molecule has 1 saturated heterocycles. The number of rotatable bonds is 2. The molecule has 0 atom stereocenters. The van der Waals surface area contributed by atoms with E-state index in [9.17, 15) is 14.3 Å². The molecule has 1 fully saturated rings. The van der Waals surface area contributed by atoms with Gasteiger partial charge in [0.2, 0.25) is 0 Å². The summed E-state index contributed by atoms with van der Waals surface area (Å²) < 4.78 is 13.9. The fourth-order valence-corrected chi connectivity index (χ4v) is 3.49. The van der Waals surface area contributed by atoms with Gasteiger partial charge in [-0.3, -0.25) is 14.8 Å². The molecular formula is C20H18FN3O2. The maximum atomic E-state index is 13.9. The van der Waals surface area contributed by atoms with Crippen LogP contribution in [0.4, 0.5) is 4.39 Å². The van der Waals surface area contributed by atoms with E-state index in [2.05, 4.69) is 9.97 Å². The van der Waals surface area contributed by atoms with Crippen molar-refractivity contribution in [2.24, 2.45) is 0 Å². The van der Waals surface area contributed by atoms with Crippen LogP contribution in [0.1, 0.15) is 28.8 Å². The second kappa shape index (κ2) is 6.46. The van der Waals surface area contributed by atoms with Gasteiger partial charge in [-0.2, -0.15) is 0 Å². The minimum absolute atomic E-state index is 0.207. The van der Waals surface area contributed by atoms with Crippen LogP contribution >= 0.6 is 0 Å². The van der Waals surface area contributed by atoms with Crippen LogP contribution in [0.5, 0.6) is 0 Å². The highest BCUT2D eigenvalue weighted by atomic mass is 19.1. The molecule has 2 heterocycles. The van der Waals surface area contributed by atoms with E-state index in [4.69, 9.17) is 0 Å². The Morgan fingerprint density at radius 3 is 2.50 bits per heavy atom. The van der Waals surface area contributed by atoms with Gasteiger partial charge in [-0.25, -0.2) is 4.39 Å². The Hall–Kier alpha value is -2.86. The number of piperidine rings is 1. The molecule has 1 aliphatic heterocycles. The molecular weight excluding hydrogens is 333 g/mol. The number of carbonyl (C=O) groups excluding carboxylic acids is 1. The van der Waals surface area contributed by atoms with Gasteiger partial charge < -0.3 is 10.0 Å². The number of aromatic nitrogens is 2. The van der Waals surface area contributed by atoms with Crippen LogP contribution in [0.3, 0.4) is 0 Å². The lowest BCUT2D eigenvalue weighted by atomic mass is 9.84. The van der Waals surface area contributed by atoms with Crippen molar-refractivity contribution in [1.29, 1.82) is 0 Å². The number of benzene rings is 2. The first kappa shape index (κ1) is 16.6. The fraction of sp³-hybridized carbons (Fsp3) is 0.250. The summed E-state index contributed by atoms with van der Waals surface area (Å²) in [6.45, 7) is 0.783. The third-order valence-electron chi connectivity index (χ3n) is 4.96. The second-order valence-corrected chi connectivity index (χ2v) is 6.57. The van der Waals surface area contributed by atoms with E-state index < -0.39 is 11.4 Å². The highest BCUT2D eigenvalue weighted by molar-refractivity contribution is 6.04. The summed E-state index contributed by atoms with van der Waals surface area (Å²) >= 11 is 0. The van der Waals surface area contributed by atoms with Gasteiger partial charge in [-0.1, -0.05) is 30.3 Å². The van der Waals surface area contributed by atoms with Gasteiger partial charge in [0, 0.05) is 31.5 Å². The van der Waals surface area contributed by atoms with Gasteiger partial charge >= 0.3 is 0 Å². The Morgan fingerprint density at radius 1 is 1.08 bits per heavy atom. The van der Waals surface area contributed by atoms with Crippen LogP contribution in [-0.2, 0) is 5.60 Å². The number of halogens is 1. The lowest BCUT2D eigenvalue weighted by Gasteiger charge is -2.38. The average Bonchev–Trinajstić information content (AvgIpc) is 2.68. The lowest BCUT2D eigenvalue weighted by molar-refractivity contribution is -0.0211. The summed E-state index contributed by atoms with van der Waals surface area (Å²) in [6, 6.07) is 12.0. The highest BCUT2D eigenvalue weighted by Gasteiger charge is 2.36. The van der Waals surface area contributed by atoms with Crippen molar-refractivity contribution in [2.45, 2.75) is 18.4 Å². The van der Waals surface area contributed by atoms with Gasteiger partial charge in [-0.05, 0) is 24.5 Å². The molecule has 0 spiro atoms. The number of hydrogen-bond donors (Lipinski definition) is 1. The van der Waals surface area contributed by atoms with Crippen LogP contribution in [-0.4, -0.2) is 39.0 Å². The van der Waals surface area contributed by atoms with E-state index in [1.807, 2.05) is 30.3 Å². The Bertz CT molecular complexity index is 954. The van der Waals surface area contributed by atoms with Crippen molar-refractivity contribution >= 4 is 16.9 Å². The van der Waals surface area contributed by atoms with Gasteiger partial charge in [0.15, 0.2) is 0 Å². The predicted octanol–water partition coefficient (Wildman–Crippen LogP) is 2.89. The van der Waals surface area contributed by atoms with Crippen molar-refractivity contribution in [3.63, 3.8) is 0 Å². The molecule has 4 rings (SSSR count). The predicted molar refractivity (Wildman–Crippen MR) is 95.0 cm³/mol. The van der Waals surface area contributed by atoms with E-state index in [-0.39, 0.29) is 11.5 Å². The molecule has 1 aliphatic rings. The van der Waals surface area contributed by atoms with Crippen molar-refractivity contribution in [2.75, 3.05) is 13.1 Å². The number of likely N-dealkylation sites (tertiary alicyclic amines) is 1. The minimum atomic E-state index is -0.943. The topological polar surface area (TPSA) is 66.3 Å². The molecule has 26 heavy (non-hydrogen) atoms. The zero-order valence-corrected chi connectivity index (χ0v) is 14.1. The van der Waals surface area contributed by atoms with E-state index in [1.165, 1.54) is 24.5 Å². The first-order chi connectivity index (χ1) is 12.6. The monoisotopic (exact) mass is 351 g/mol. The first-order valence-corrected chi connectivity index (χ1v) is 8.54. The van der Waals surface area contributed by atoms with E-state index in [0.29, 0.717) is 37.0 Å². The van der Waals surface area contributed by atoms with Gasteiger partial charge in [0.25, 0.3) is 5.91 Å². The van der Waals surface area contributed by atoms with Crippen LogP contribution in [0.25, 0.3) is 11.0 Å². The maximum absolute atomic E-state index is 13.9. The van der Waals surface area contributed by atoms with Crippen LogP contribution < -0.4 is 0 Å². The van der Waals surface area contributed by atoms with Crippen molar-refractivity contribution < 1.29 is 14.3 Å². The quantitative estimate of drug-likeness (QED) is 0.771. The van der Waals surface area contributed by atoms with Gasteiger partial charge in [0.1, 0.15) is 11.3 Å². The summed E-state index contributed by atoms with van der Waals surface area (Å²) in [6.07, 6.45) is 3.82. The number of carbonyl (C=O) groups is 1. The fourth-order valence-electron chi connectivity index (χ4n) is 3.49. The zero-order valence-electron chi connectivity index (χ0n) is 14.1. The molecule has 5 nitrogen and oxygen atoms in total. The molecule has 0 aliphatic carbocycles. The summed E-state index contributed by atoms with van der Waals surface area (Å²) in [4.78, 5) is 22.8. The summed E-state index contributed by atoms with van der Waals surface area (Å²) in [5.74, 6) is -0.802. The summed E-state index contributed by atoms with van der Waals surface area (Å²) in [5, 5.41) is 10.9. The summed E-state index contributed by atoms with van der Waals surface area (Å²) in [5.41, 5.74) is 0.867. The van der Waals surface area contributed by atoms with E-state index >= 15 is 0 Å². The number of nitrogens with zero attached hydrogens (tertiary/aromatic N) is 3. The molecule has 0 radical (unpaired) electrons. The van der Waals surface area contributed by atoms with Gasteiger partial charge in [0.05, 0.1) is 16.7 Å². The maximum Gasteiger partial charge on any atom is 0.256 e. The van der Waals surface area contributed by atoms with Crippen molar-refractivity contribution in [3.05, 3.63) is 71.8 Å². The molecule has 0 bridgehead atoms. The number of aliphatic hydroxyl groups is 1. The second-order valence-electron chi connectivity index (χ2n) is 6.57. The Kier molecular flexibility index (Phi) is 4.12. The van der Waals surface area contributed by atoms with Crippen LogP contribution in [0, 0.1) is 5.82 Å². The highest BCUT2D eigenvalue weighted by Crippen LogP contribution is 2.33. The largest absolute Gasteiger partial charge is 0.385 e. The number of fused-ring (bicyclic) bond motifs is 1. The van der Waals surface area contributed by atoms with Crippen LogP contribution in [0.15, 0.2) is 54.9 Å². The zero-order chi connectivity index (χ0) is 18.1. The molecule has 2 aromatic carbocycles. The lowest BCUT2D eigenvalue weighted by Crippen LogP contribution is -2.45. The van der Waals surface area contributed by atoms with E-state index in [0.717, 1.165) is 5.56 Å². The Balaban J connectivity index is 1.58. The Labute approximate surface area is 150 Å². The van der Waals surface area contributed by atoms with Crippen LogP contribution in [0.2, 0.25) is 0 Å². The SMILES string of the molecule is O=C(c1cc(F)cc2nccnc12)N1CCC(O)(c2ccccc2)CC1. The molecule has 6 heteroatoms. The molecule has 0 saturated carbocycles. The molecule has 1 amide bonds. The third kappa shape index (κ3) is 2.93. The molecule has 1 N–H and O–H groups in total. The average molecular weight is 351 g/mol. The number of amides is 1. The molecule has 132 valence electrons. The normalized spacial score (nSPS) is 16.6. The standard InChI is InChI=1S/C20H18FN3O2/c21-15-12-16(18-17(13-15)22-8-9-23-18)19(25)24-10-6-20(26,7-11-24)14-4-2-1-3-5-14/h1-5,8-9,12-13,26H,6-7,10-11H2. The molecule has 3 aromatic rings. The summed E-state index contributed by atoms with van der Waals surface area (Å²) in [7, 11) is 0. The Morgan fingerprint density at radius 2 is 1.77 bits per heavy atom. The molecule has 0 unspecified atom stereocenters. The first-order valence-electron chi connectivity index (χ1n) is 8.54. The minimum Gasteiger partial charge on any atom is -0.385 e. The van der Waals surface area contributed by atoms with Gasteiger partial charge in [-0.15, -0.1) is 0 Å². The number of hydrogen-bond acceptors (Lipinski definition) is 4. The van der Waals surface area contributed by atoms with Crippen molar-refractivity contribution in [3.8, 4) is 0 Å². The third-order valence-corrected chi connectivity index (χ3v) is 4.96. The molecule has 1 aromatic heterocycles. The van der Waals surface area contributed by atoms with Crippen molar-refractivity contribution in [1.82, 2.24) is 14.9 Å².